The molecule has 188 valence electrons. The number of piperazine rings is 1. The Morgan fingerprint density at radius 1 is 1.03 bits per heavy atom. The van der Waals surface area contributed by atoms with Crippen molar-refractivity contribution < 1.29 is 19.1 Å². The first kappa shape index (κ1) is 25.2. The largest absolute Gasteiger partial charge is 0.493 e. The zero-order valence-corrected chi connectivity index (χ0v) is 21.6. The van der Waals surface area contributed by atoms with Crippen molar-refractivity contribution in [3.63, 3.8) is 0 Å². The lowest BCUT2D eigenvalue weighted by Crippen LogP contribution is -2.51. The number of nitrogens with zero attached hydrogens (tertiary/aromatic N) is 5. The minimum absolute atomic E-state index is 0.0332. The average molecular weight is 500 g/mol. The highest BCUT2D eigenvalue weighted by molar-refractivity contribution is 7.12. The van der Waals surface area contributed by atoms with Gasteiger partial charge in [0, 0.05) is 46.7 Å². The SMILES string of the molecule is COc1ccc(C2CC(c3cccs3)=NN2C(=O)CN2CCN(CC(=O)N(C)C)CC2)cc1OC. The number of thiophene rings is 1. The molecular weight excluding hydrogens is 466 g/mol. The summed E-state index contributed by atoms with van der Waals surface area (Å²) in [6.07, 6.45) is 0.641. The van der Waals surface area contributed by atoms with Crippen molar-refractivity contribution in [2.75, 3.05) is 67.6 Å². The fourth-order valence-electron chi connectivity index (χ4n) is 4.35. The second-order valence-corrected chi connectivity index (χ2v) is 9.88. The molecule has 2 aliphatic rings. The summed E-state index contributed by atoms with van der Waals surface area (Å²) >= 11 is 1.63. The average Bonchev–Trinajstić information content (AvgIpc) is 3.55. The number of likely N-dealkylation sites (N-methyl/N-ethyl adjacent to an activating group) is 1. The van der Waals surface area contributed by atoms with E-state index in [1.165, 1.54) is 0 Å². The van der Waals surface area contributed by atoms with Gasteiger partial charge in [-0.05, 0) is 29.1 Å². The van der Waals surface area contributed by atoms with Crippen LogP contribution in [0.2, 0.25) is 0 Å². The molecule has 0 bridgehead atoms. The highest BCUT2D eigenvalue weighted by atomic mass is 32.1. The van der Waals surface area contributed by atoms with E-state index in [2.05, 4.69) is 9.80 Å². The first-order chi connectivity index (χ1) is 16.9. The predicted molar refractivity (Wildman–Crippen MR) is 136 cm³/mol. The molecule has 1 atom stereocenters. The number of hydrogen-bond acceptors (Lipinski definition) is 8. The molecule has 0 spiro atoms. The molecule has 2 aromatic rings. The van der Waals surface area contributed by atoms with Crippen molar-refractivity contribution in [1.82, 2.24) is 19.7 Å². The van der Waals surface area contributed by atoms with Gasteiger partial charge in [-0.2, -0.15) is 5.10 Å². The Bertz CT molecular complexity index is 1060. The molecule has 3 heterocycles. The fraction of sp³-hybridized carbons (Fsp3) is 0.480. The third-order valence-corrected chi connectivity index (χ3v) is 7.36. The molecule has 1 aromatic carbocycles. The van der Waals surface area contributed by atoms with Gasteiger partial charge in [-0.15, -0.1) is 11.3 Å². The maximum Gasteiger partial charge on any atom is 0.257 e. The second kappa shape index (κ2) is 11.2. The molecule has 1 saturated heterocycles. The maximum atomic E-state index is 13.5. The highest BCUT2D eigenvalue weighted by Crippen LogP contribution is 2.38. The minimum atomic E-state index is -0.210. The number of amides is 2. The van der Waals surface area contributed by atoms with Gasteiger partial charge in [-0.3, -0.25) is 19.4 Å². The van der Waals surface area contributed by atoms with Crippen LogP contribution >= 0.6 is 11.3 Å². The van der Waals surface area contributed by atoms with Gasteiger partial charge in [0.25, 0.3) is 5.91 Å². The van der Waals surface area contributed by atoms with Gasteiger partial charge < -0.3 is 14.4 Å². The minimum Gasteiger partial charge on any atom is -0.493 e. The van der Waals surface area contributed by atoms with E-state index in [1.54, 1.807) is 49.6 Å². The van der Waals surface area contributed by atoms with E-state index < -0.39 is 0 Å². The lowest BCUT2D eigenvalue weighted by Gasteiger charge is -2.35. The predicted octanol–water partition coefficient (Wildman–Crippen LogP) is 2.15. The van der Waals surface area contributed by atoms with Crippen LogP contribution in [0.3, 0.4) is 0 Å². The topological polar surface area (TPSA) is 77.9 Å². The van der Waals surface area contributed by atoms with Crippen LogP contribution in [-0.4, -0.2) is 105 Å². The van der Waals surface area contributed by atoms with Crippen molar-refractivity contribution in [1.29, 1.82) is 0 Å². The van der Waals surface area contributed by atoms with E-state index in [4.69, 9.17) is 14.6 Å². The number of carbonyl (C=O) groups is 2. The normalized spacial score (nSPS) is 18.9. The van der Waals surface area contributed by atoms with E-state index >= 15 is 0 Å². The monoisotopic (exact) mass is 499 g/mol. The van der Waals surface area contributed by atoms with Crippen LogP contribution in [0.1, 0.15) is 22.9 Å². The quantitative estimate of drug-likeness (QED) is 0.554. The summed E-state index contributed by atoms with van der Waals surface area (Å²) in [5.74, 6) is 1.34. The molecule has 2 aliphatic heterocycles. The Balaban J connectivity index is 1.47. The number of ether oxygens (including phenoxy) is 2. The van der Waals surface area contributed by atoms with E-state index in [0.717, 1.165) is 42.3 Å². The molecule has 1 unspecified atom stereocenters. The molecule has 0 radical (unpaired) electrons. The first-order valence-electron chi connectivity index (χ1n) is 11.7. The standard InChI is InChI=1S/C25H33N5O4S/c1-27(2)24(31)16-28-9-11-29(12-10-28)17-25(32)30-20(15-19(26-30)23-6-5-13-35-23)18-7-8-21(33-3)22(14-18)34-4/h5-8,13-14,20H,9-12,15-17H2,1-4H3. The van der Waals surface area contributed by atoms with Crippen LogP contribution in [0.15, 0.2) is 40.8 Å². The van der Waals surface area contributed by atoms with Gasteiger partial charge >= 0.3 is 0 Å². The number of carbonyl (C=O) groups excluding carboxylic acids is 2. The second-order valence-electron chi connectivity index (χ2n) is 8.94. The lowest BCUT2D eigenvalue weighted by molar-refractivity contribution is -0.135. The van der Waals surface area contributed by atoms with Gasteiger partial charge in [0.05, 0.1) is 43.9 Å². The van der Waals surface area contributed by atoms with E-state index in [-0.39, 0.29) is 17.9 Å². The summed E-state index contributed by atoms with van der Waals surface area (Å²) in [6.45, 7) is 3.70. The van der Waals surface area contributed by atoms with Crippen LogP contribution in [-0.2, 0) is 9.59 Å². The molecule has 9 nitrogen and oxygen atoms in total. The van der Waals surface area contributed by atoms with Crippen molar-refractivity contribution >= 4 is 28.9 Å². The van der Waals surface area contributed by atoms with Crippen molar-refractivity contribution in [2.45, 2.75) is 12.5 Å². The smallest absolute Gasteiger partial charge is 0.257 e. The summed E-state index contributed by atoms with van der Waals surface area (Å²) in [7, 11) is 6.76. The number of hydrazone groups is 1. The molecule has 4 rings (SSSR count). The number of hydrogen-bond donors (Lipinski definition) is 0. The molecule has 0 aliphatic carbocycles. The van der Waals surface area contributed by atoms with Crippen LogP contribution in [0.4, 0.5) is 0 Å². The van der Waals surface area contributed by atoms with Gasteiger partial charge in [0.1, 0.15) is 0 Å². The highest BCUT2D eigenvalue weighted by Gasteiger charge is 2.35. The van der Waals surface area contributed by atoms with Crippen LogP contribution < -0.4 is 9.47 Å². The summed E-state index contributed by atoms with van der Waals surface area (Å²) in [4.78, 5) is 32.5. The zero-order valence-electron chi connectivity index (χ0n) is 20.8. The summed E-state index contributed by atoms with van der Waals surface area (Å²) in [5, 5.41) is 8.44. The lowest BCUT2D eigenvalue weighted by atomic mass is 10.0. The van der Waals surface area contributed by atoms with Gasteiger partial charge in [-0.25, -0.2) is 5.01 Å². The molecule has 1 fully saturated rings. The fourth-order valence-corrected chi connectivity index (χ4v) is 5.07. The molecule has 0 N–H and O–H groups in total. The molecule has 35 heavy (non-hydrogen) atoms. The molecule has 0 saturated carbocycles. The van der Waals surface area contributed by atoms with E-state index in [9.17, 15) is 9.59 Å². The van der Waals surface area contributed by atoms with Crippen LogP contribution in [0.5, 0.6) is 11.5 Å². The first-order valence-corrected chi connectivity index (χ1v) is 12.6. The van der Waals surface area contributed by atoms with Gasteiger partial charge in [-0.1, -0.05) is 12.1 Å². The Morgan fingerprint density at radius 3 is 2.31 bits per heavy atom. The van der Waals surface area contributed by atoms with Gasteiger partial charge in [0.2, 0.25) is 5.91 Å². The Labute approximate surface area is 210 Å². The van der Waals surface area contributed by atoms with Crippen molar-refractivity contribution in [3.8, 4) is 11.5 Å². The van der Waals surface area contributed by atoms with Gasteiger partial charge in [0.15, 0.2) is 11.5 Å². The molecular formula is C25H33N5O4S. The molecule has 1 aromatic heterocycles. The number of rotatable bonds is 8. The van der Waals surface area contributed by atoms with Crippen molar-refractivity contribution in [2.24, 2.45) is 5.10 Å². The summed E-state index contributed by atoms with van der Waals surface area (Å²) < 4.78 is 10.9. The van der Waals surface area contributed by atoms with Crippen LogP contribution in [0, 0.1) is 0 Å². The summed E-state index contributed by atoms with van der Waals surface area (Å²) in [6, 6.07) is 9.60. The molecule has 2 amide bonds. The third kappa shape index (κ3) is 5.83. The van der Waals surface area contributed by atoms with E-state index in [0.29, 0.717) is 31.0 Å². The third-order valence-electron chi connectivity index (χ3n) is 6.45. The van der Waals surface area contributed by atoms with Crippen molar-refractivity contribution in [3.05, 3.63) is 46.2 Å². The maximum absolute atomic E-state index is 13.5. The Morgan fingerprint density at radius 2 is 1.71 bits per heavy atom. The Hall–Kier alpha value is -2.95. The Kier molecular flexibility index (Phi) is 8.04. The van der Waals surface area contributed by atoms with E-state index in [1.807, 2.05) is 35.7 Å². The number of methoxy groups -OCH3 is 2. The molecule has 10 heteroatoms. The number of benzene rings is 1. The summed E-state index contributed by atoms with van der Waals surface area (Å²) in [5.41, 5.74) is 1.87. The van der Waals surface area contributed by atoms with Crippen LogP contribution in [0.25, 0.3) is 0 Å². The zero-order chi connectivity index (χ0) is 24.9.